The molecular weight excluding hydrogens is 262 g/mol. The van der Waals surface area contributed by atoms with Gasteiger partial charge in [0.05, 0.1) is 12.6 Å². The second-order valence-electron chi connectivity index (χ2n) is 5.66. The first-order chi connectivity index (χ1) is 9.49. The van der Waals surface area contributed by atoms with E-state index >= 15 is 0 Å². The van der Waals surface area contributed by atoms with E-state index in [1.165, 1.54) is 5.01 Å². The number of aliphatic hydroxyl groups excluding tert-OH is 1. The van der Waals surface area contributed by atoms with E-state index in [-0.39, 0.29) is 30.9 Å². The van der Waals surface area contributed by atoms with E-state index in [0.717, 1.165) is 12.8 Å². The standard InChI is InChI=1S/C13H25N3O4/c1-9(2)6-10(7-12(18)15-20)13(19)16-11(8-17)4-3-5-14-16/h9-11,14,17,20H,3-8H2,1-2H3,(H,15,18)/t10-,11+/m1/s1. The number of hydrogen-bond acceptors (Lipinski definition) is 5. The Bertz CT molecular complexity index is 336. The van der Waals surface area contributed by atoms with Crippen LogP contribution < -0.4 is 10.9 Å². The molecule has 0 spiro atoms. The molecule has 116 valence electrons. The molecule has 0 aliphatic carbocycles. The zero-order valence-corrected chi connectivity index (χ0v) is 12.1. The highest BCUT2D eigenvalue weighted by Gasteiger charge is 2.32. The van der Waals surface area contributed by atoms with Gasteiger partial charge in [-0.05, 0) is 25.2 Å². The average molecular weight is 287 g/mol. The summed E-state index contributed by atoms with van der Waals surface area (Å²) in [5.41, 5.74) is 4.57. The van der Waals surface area contributed by atoms with Crippen LogP contribution in [0.3, 0.4) is 0 Å². The van der Waals surface area contributed by atoms with Gasteiger partial charge in [0.1, 0.15) is 0 Å². The minimum absolute atomic E-state index is 0.0517. The molecule has 0 unspecified atom stereocenters. The normalized spacial score (nSPS) is 20.9. The summed E-state index contributed by atoms with van der Waals surface area (Å²) in [7, 11) is 0. The zero-order valence-electron chi connectivity index (χ0n) is 12.1. The molecule has 1 heterocycles. The van der Waals surface area contributed by atoms with Crippen molar-refractivity contribution in [3.05, 3.63) is 0 Å². The molecule has 7 heteroatoms. The summed E-state index contributed by atoms with van der Waals surface area (Å²) in [5, 5.41) is 19.4. The first kappa shape index (κ1) is 16.9. The highest BCUT2D eigenvalue weighted by Crippen LogP contribution is 2.21. The Kier molecular flexibility index (Phi) is 6.90. The van der Waals surface area contributed by atoms with Gasteiger partial charge in [-0.2, -0.15) is 0 Å². The van der Waals surface area contributed by atoms with E-state index in [4.69, 9.17) is 5.21 Å². The third kappa shape index (κ3) is 4.73. The predicted molar refractivity (Wildman–Crippen MR) is 72.4 cm³/mol. The van der Waals surface area contributed by atoms with E-state index in [0.29, 0.717) is 13.0 Å². The van der Waals surface area contributed by atoms with Crippen molar-refractivity contribution in [2.24, 2.45) is 11.8 Å². The molecule has 1 saturated heterocycles. The lowest BCUT2D eigenvalue weighted by Crippen LogP contribution is -2.56. The maximum absolute atomic E-state index is 12.5. The molecule has 7 nitrogen and oxygen atoms in total. The minimum atomic E-state index is -0.568. The molecule has 4 N–H and O–H groups in total. The van der Waals surface area contributed by atoms with Crippen LogP contribution in [-0.2, 0) is 9.59 Å². The third-order valence-corrected chi connectivity index (χ3v) is 3.47. The Labute approximate surface area is 119 Å². The summed E-state index contributed by atoms with van der Waals surface area (Å²) >= 11 is 0. The van der Waals surface area contributed by atoms with Crippen LogP contribution in [0.1, 0.15) is 39.5 Å². The SMILES string of the molecule is CC(C)C[C@H](CC(=O)NO)C(=O)N1NCCC[C@H]1CO. The lowest BCUT2D eigenvalue weighted by Gasteiger charge is -2.37. The van der Waals surface area contributed by atoms with Crippen LogP contribution in [0.4, 0.5) is 0 Å². The molecule has 0 bridgehead atoms. The number of nitrogens with one attached hydrogen (secondary N) is 2. The number of hydrazine groups is 1. The third-order valence-electron chi connectivity index (χ3n) is 3.47. The Hall–Kier alpha value is -1.18. The van der Waals surface area contributed by atoms with Gasteiger partial charge in [0.15, 0.2) is 0 Å². The number of carbonyl (C=O) groups excluding carboxylic acids is 2. The van der Waals surface area contributed by atoms with E-state index in [2.05, 4.69) is 5.43 Å². The zero-order chi connectivity index (χ0) is 15.1. The number of carbonyl (C=O) groups is 2. The van der Waals surface area contributed by atoms with Gasteiger partial charge < -0.3 is 5.11 Å². The van der Waals surface area contributed by atoms with Gasteiger partial charge in [-0.15, -0.1) is 0 Å². The van der Waals surface area contributed by atoms with Crippen LogP contribution in [0.2, 0.25) is 0 Å². The predicted octanol–water partition coefficient (Wildman–Crippen LogP) is 0.0321. The topological polar surface area (TPSA) is 102 Å². The molecule has 20 heavy (non-hydrogen) atoms. The Morgan fingerprint density at radius 3 is 2.70 bits per heavy atom. The van der Waals surface area contributed by atoms with Crippen molar-refractivity contribution in [2.75, 3.05) is 13.2 Å². The summed E-state index contributed by atoms with van der Waals surface area (Å²) in [5.74, 6) is -1.00. The van der Waals surface area contributed by atoms with Crippen LogP contribution in [-0.4, -0.2) is 46.3 Å². The van der Waals surface area contributed by atoms with Crippen LogP contribution in [0.25, 0.3) is 0 Å². The van der Waals surface area contributed by atoms with Gasteiger partial charge in [-0.25, -0.2) is 10.9 Å². The number of rotatable bonds is 6. The van der Waals surface area contributed by atoms with Crippen molar-refractivity contribution in [1.82, 2.24) is 15.9 Å². The van der Waals surface area contributed by atoms with E-state index < -0.39 is 11.8 Å². The van der Waals surface area contributed by atoms with Gasteiger partial charge in [-0.3, -0.25) is 19.8 Å². The minimum Gasteiger partial charge on any atom is -0.394 e. The first-order valence-electron chi connectivity index (χ1n) is 7.10. The Morgan fingerprint density at radius 2 is 2.15 bits per heavy atom. The molecule has 1 aliphatic heterocycles. The summed E-state index contributed by atoms with van der Waals surface area (Å²) in [6.45, 7) is 4.54. The average Bonchev–Trinajstić information content (AvgIpc) is 2.45. The molecule has 0 aromatic rings. The number of nitrogens with zero attached hydrogens (tertiary/aromatic N) is 1. The van der Waals surface area contributed by atoms with Crippen LogP contribution in [0, 0.1) is 11.8 Å². The fraction of sp³-hybridized carbons (Fsp3) is 0.846. The van der Waals surface area contributed by atoms with Gasteiger partial charge in [0, 0.05) is 18.9 Å². The van der Waals surface area contributed by atoms with Gasteiger partial charge in [-0.1, -0.05) is 13.8 Å². The molecule has 1 rings (SSSR count). The largest absolute Gasteiger partial charge is 0.394 e. The summed E-state index contributed by atoms with van der Waals surface area (Å²) in [4.78, 5) is 23.9. The summed E-state index contributed by atoms with van der Waals surface area (Å²) in [6.07, 6.45) is 2.16. The van der Waals surface area contributed by atoms with Gasteiger partial charge in [0.25, 0.3) is 0 Å². The van der Waals surface area contributed by atoms with Gasteiger partial charge >= 0.3 is 0 Å². The van der Waals surface area contributed by atoms with E-state index in [9.17, 15) is 14.7 Å². The van der Waals surface area contributed by atoms with Crippen molar-refractivity contribution in [3.8, 4) is 0 Å². The lowest BCUT2D eigenvalue weighted by molar-refractivity contribution is -0.148. The van der Waals surface area contributed by atoms with Crippen molar-refractivity contribution in [1.29, 1.82) is 0 Å². The fourth-order valence-electron chi connectivity index (χ4n) is 2.53. The molecule has 0 aromatic heterocycles. The maximum atomic E-state index is 12.5. The molecule has 2 atom stereocenters. The first-order valence-corrected chi connectivity index (χ1v) is 7.10. The van der Waals surface area contributed by atoms with E-state index in [1.54, 1.807) is 5.48 Å². The summed E-state index contributed by atoms with van der Waals surface area (Å²) in [6, 6.07) is -0.247. The lowest BCUT2D eigenvalue weighted by atomic mass is 9.92. The molecular formula is C13H25N3O4. The monoisotopic (exact) mass is 287 g/mol. The molecule has 0 radical (unpaired) electrons. The number of hydroxylamine groups is 1. The van der Waals surface area contributed by atoms with Crippen molar-refractivity contribution >= 4 is 11.8 Å². The van der Waals surface area contributed by atoms with E-state index in [1.807, 2.05) is 13.8 Å². The second kappa shape index (κ2) is 8.18. The maximum Gasteiger partial charge on any atom is 0.244 e. The number of hydrogen-bond donors (Lipinski definition) is 4. The molecule has 2 amide bonds. The van der Waals surface area contributed by atoms with Crippen LogP contribution in [0.5, 0.6) is 0 Å². The van der Waals surface area contributed by atoms with Gasteiger partial charge in [0.2, 0.25) is 11.8 Å². The summed E-state index contributed by atoms with van der Waals surface area (Å²) < 4.78 is 0. The van der Waals surface area contributed by atoms with Crippen molar-refractivity contribution < 1.29 is 19.9 Å². The van der Waals surface area contributed by atoms with Crippen LogP contribution >= 0.6 is 0 Å². The fourth-order valence-corrected chi connectivity index (χ4v) is 2.53. The molecule has 1 aliphatic rings. The number of amides is 2. The highest BCUT2D eigenvalue weighted by molar-refractivity contribution is 5.85. The second-order valence-corrected chi connectivity index (χ2v) is 5.66. The van der Waals surface area contributed by atoms with Crippen molar-refractivity contribution in [3.63, 3.8) is 0 Å². The highest BCUT2D eigenvalue weighted by atomic mass is 16.5. The van der Waals surface area contributed by atoms with Crippen LogP contribution in [0.15, 0.2) is 0 Å². The molecule has 0 saturated carbocycles. The number of aliphatic hydroxyl groups is 1. The smallest absolute Gasteiger partial charge is 0.244 e. The Morgan fingerprint density at radius 1 is 1.45 bits per heavy atom. The molecule has 1 fully saturated rings. The Balaban J connectivity index is 2.76. The van der Waals surface area contributed by atoms with Crippen molar-refractivity contribution in [2.45, 2.75) is 45.6 Å². The molecule has 0 aromatic carbocycles. The quantitative estimate of drug-likeness (QED) is 0.408.